The van der Waals surface area contributed by atoms with E-state index >= 15 is 0 Å². The van der Waals surface area contributed by atoms with Crippen molar-refractivity contribution >= 4 is 17.8 Å². The second-order valence-electron chi connectivity index (χ2n) is 8.88. The van der Waals surface area contributed by atoms with Gasteiger partial charge in [0.1, 0.15) is 5.75 Å². The minimum absolute atomic E-state index is 0.183. The molecule has 2 aromatic rings. The number of hydrogen-bond acceptors (Lipinski definition) is 8. The predicted molar refractivity (Wildman–Crippen MR) is 135 cm³/mol. The lowest BCUT2D eigenvalue weighted by Crippen LogP contribution is -2.43. The summed E-state index contributed by atoms with van der Waals surface area (Å²) in [6, 6.07) is 6.83. The van der Waals surface area contributed by atoms with Crippen LogP contribution < -0.4 is 21.3 Å². The van der Waals surface area contributed by atoms with Crippen molar-refractivity contribution in [1.82, 2.24) is 14.3 Å². The van der Waals surface area contributed by atoms with E-state index in [0.29, 0.717) is 16.7 Å². The molecule has 2 N–H and O–H groups in total. The number of carboxylic acids is 1. The number of esters is 1. The third-order valence-corrected chi connectivity index (χ3v) is 5.27. The van der Waals surface area contributed by atoms with E-state index in [2.05, 4.69) is 10.4 Å². The van der Waals surface area contributed by atoms with Gasteiger partial charge in [0.15, 0.2) is 5.60 Å². The van der Waals surface area contributed by atoms with Crippen molar-refractivity contribution in [1.29, 1.82) is 0 Å². The van der Waals surface area contributed by atoms with Crippen LogP contribution in [0.3, 0.4) is 0 Å². The summed E-state index contributed by atoms with van der Waals surface area (Å²) >= 11 is 0. The normalized spacial score (nSPS) is 11.9. The maximum absolute atomic E-state index is 12.8. The standard InChI is InChI=1S/C25H31F3N4O7/c1-4-38-22(36)24(2,3)39-18-10-8-17(9-11-18)12-14-29-20-21(35)31(15-6-13-25(26,27)28)23(37)32(30-20)16-5-7-19(33)34/h5,7-11H,4,6,12-16H2,1-3H3,(H,29,30)(H,33,34)/b7-5+. The van der Waals surface area contributed by atoms with E-state index in [-0.39, 0.29) is 25.5 Å². The van der Waals surface area contributed by atoms with Crippen LogP contribution >= 0.6 is 0 Å². The van der Waals surface area contributed by atoms with Gasteiger partial charge < -0.3 is 19.9 Å². The van der Waals surface area contributed by atoms with E-state index in [0.717, 1.165) is 22.4 Å². The van der Waals surface area contributed by atoms with Gasteiger partial charge in [0, 0.05) is 25.6 Å². The number of anilines is 1. The van der Waals surface area contributed by atoms with E-state index in [1.54, 1.807) is 45.0 Å². The van der Waals surface area contributed by atoms with Crippen molar-refractivity contribution in [2.75, 3.05) is 18.5 Å². The fourth-order valence-corrected chi connectivity index (χ4v) is 3.37. The van der Waals surface area contributed by atoms with Crippen molar-refractivity contribution < 1.29 is 37.3 Å². The highest BCUT2D eigenvalue weighted by molar-refractivity contribution is 5.79. The largest absolute Gasteiger partial charge is 0.478 e. The van der Waals surface area contributed by atoms with Crippen LogP contribution in [0.4, 0.5) is 19.0 Å². The van der Waals surface area contributed by atoms with Crippen LogP contribution in [0.2, 0.25) is 0 Å². The topological polar surface area (TPSA) is 142 Å². The molecule has 0 saturated heterocycles. The minimum atomic E-state index is -4.45. The molecule has 0 aliphatic heterocycles. The van der Waals surface area contributed by atoms with Gasteiger partial charge in [0.05, 0.1) is 13.2 Å². The monoisotopic (exact) mass is 556 g/mol. The quantitative estimate of drug-likeness (QED) is 0.265. The van der Waals surface area contributed by atoms with Crippen LogP contribution in [0.5, 0.6) is 5.75 Å². The lowest BCUT2D eigenvalue weighted by atomic mass is 10.1. The lowest BCUT2D eigenvalue weighted by Gasteiger charge is -2.24. The van der Waals surface area contributed by atoms with Crippen LogP contribution in [0.25, 0.3) is 0 Å². The first-order valence-corrected chi connectivity index (χ1v) is 12.1. The van der Waals surface area contributed by atoms with Gasteiger partial charge in [-0.2, -0.15) is 13.2 Å². The van der Waals surface area contributed by atoms with Crippen LogP contribution in [0.1, 0.15) is 39.2 Å². The summed E-state index contributed by atoms with van der Waals surface area (Å²) in [7, 11) is 0. The number of allylic oxidation sites excluding steroid dienone is 1. The molecular weight excluding hydrogens is 525 g/mol. The number of carbonyl (C=O) groups excluding carboxylic acids is 1. The number of nitrogens with zero attached hydrogens (tertiary/aromatic N) is 3. The van der Waals surface area contributed by atoms with E-state index < -0.39 is 54.4 Å². The third-order valence-electron chi connectivity index (χ3n) is 5.27. The molecule has 2 rings (SSSR count). The highest BCUT2D eigenvalue weighted by Crippen LogP contribution is 2.22. The molecule has 1 aromatic heterocycles. The number of carboxylic acid groups (broad SMARTS) is 1. The molecule has 0 spiro atoms. The smallest absolute Gasteiger partial charge is 0.389 e. The molecule has 0 aliphatic carbocycles. The molecule has 14 heteroatoms. The van der Waals surface area contributed by atoms with Gasteiger partial charge in [-0.15, -0.1) is 5.10 Å². The molecular formula is C25H31F3N4O7. The van der Waals surface area contributed by atoms with E-state index in [1.165, 1.54) is 0 Å². The van der Waals surface area contributed by atoms with E-state index in [9.17, 15) is 32.3 Å². The summed E-state index contributed by atoms with van der Waals surface area (Å²) in [5.74, 6) is -1.59. The summed E-state index contributed by atoms with van der Waals surface area (Å²) < 4.78 is 49.9. The van der Waals surface area contributed by atoms with Crippen molar-refractivity contribution in [2.45, 2.75) is 64.9 Å². The molecule has 11 nitrogen and oxygen atoms in total. The number of alkyl halides is 3. The molecule has 0 atom stereocenters. The van der Waals surface area contributed by atoms with Gasteiger partial charge in [0.25, 0.3) is 5.56 Å². The number of carbonyl (C=O) groups is 2. The molecule has 0 aliphatic rings. The van der Waals surface area contributed by atoms with E-state index in [1.807, 2.05) is 0 Å². The Hall–Kier alpha value is -4.10. The number of nitrogens with one attached hydrogen (secondary N) is 1. The predicted octanol–water partition coefficient (Wildman–Crippen LogP) is 2.76. The fraction of sp³-hybridized carbons (Fsp3) is 0.480. The van der Waals surface area contributed by atoms with E-state index in [4.69, 9.17) is 14.6 Å². The average Bonchev–Trinajstić information content (AvgIpc) is 2.84. The average molecular weight is 557 g/mol. The Morgan fingerprint density at radius 2 is 1.82 bits per heavy atom. The Kier molecular flexibility index (Phi) is 10.9. The summed E-state index contributed by atoms with van der Waals surface area (Å²) in [4.78, 5) is 48.1. The highest BCUT2D eigenvalue weighted by atomic mass is 19.4. The zero-order valence-corrected chi connectivity index (χ0v) is 21.8. The Morgan fingerprint density at radius 3 is 2.41 bits per heavy atom. The maximum Gasteiger partial charge on any atom is 0.389 e. The number of hydrogen-bond donors (Lipinski definition) is 2. The number of ether oxygens (including phenoxy) is 2. The SMILES string of the molecule is CCOC(=O)C(C)(C)Oc1ccc(CCNc2nn(C/C=C/C(=O)O)c(=O)n(CCCC(F)(F)F)c2=O)cc1. The van der Waals surface area contributed by atoms with Gasteiger partial charge in [-0.05, 0) is 51.3 Å². The summed E-state index contributed by atoms with van der Waals surface area (Å²) in [5, 5.41) is 15.5. The van der Waals surface area contributed by atoms with Crippen LogP contribution in [-0.2, 0) is 33.8 Å². The molecule has 0 bridgehead atoms. The number of benzene rings is 1. The van der Waals surface area contributed by atoms with Crippen LogP contribution in [0, 0.1) is 0 Å². The Labute approximate surface area is 221 Å². The molecule has 1 aromatic carbocycles. The Balaban J connectivity index is 2.14. The van der Waals surface area contributed by atoms with Crippen LogP contribution in [0.15, 0.2) is 46.0 Å². The van der Waals surface area contributed by atoms with Gasteiger partial charge in [-0.1, -0.05) is 18.2 Å². The second kappa shape index (κ2) is 13.6. The zero-order chi connectivity index (χ0) is 29.2. The van der Waals surface area contributed by atoms with Gasteiger partial charge in [-0.25, -0.2) is 19.1 Å². The highest BCUT2D eigenvalue weighted by Gasteiger charge is 2.31. The van der Waals surface area contributed by atoms with Crippen molar-refractivity contribution in [3.63, 3.8) is 0 Å². The number of rotatable bonds is 14. The lowest BCUT2D eigenvalue weighted by molar-refractivity contribution is -0.158. The second-order valence-corrected chi connectivity index (χ2v) is 8.88. The van der Waals surface area contributed by atoms with Crippen molar-refractivity contribution in [3.05, 3.63) is 62.8 Å². The van der Waals surface area contributed by atoms with Gasteiger partial charge in [0.2, 0.25) is 5.82 Å². The molecule has 39 heavy (non-hydrogen) atoms. The van der Waals surface area contributed by atoms with Gasteiger partial charge in [-0.3, -0.25) is 9.36 Å². The molecule has 0 saturated carbocycles. The minimum Gasteiger partial charge on any atom is -0.478 e. The molecule has 0 amide bonds. The maximum atomic E-state index is 12.8. The molecule has 0 fully saturated rings. The van der Waals surface area contributed by atoms with Crippen LogP contribution in [-0.4, -0.2) is 56.3 Å². The van der Waals surface area contributed by atoms with Gasteiger partial charge >= 0.3 is 23.8 Å². The fourth-order valence-electron chi connectivity index (χ4n) is 3.37. The molecule has 0 radical (unpaired) electrons. The molecule has 1 heterocycles. The Bertz CT molecular complexity index is 1280. The first-order chi connectivity index (χ1) is 18.2. The zero-order valence-electron chi connectivity index (χ0n) is 21.8. The van der Waals surface area contributed by atoms with Crippen molar-refractivity contribution in [2.24, 2.45) is 0 Å². The summed E-state index contributed by atoms with van der Waals surface area (Å²) in [5.41, 5.74) is -2.20. The number of aromatic nitrogens is 3. The summed E-state index contributed by atoms with van der Waals surface area (Å²) in [6.07, 6.45) is -3.82. The summed E-state index contributed by atoms with van der Waals surface area (Å²) in [6.45, 7) is 4.49. The first-order valence-electron chi connectivity index (χ1n) is 12.1. The molecule has 0 unspecified atom stereocenters. The third kappa shape index (κ3) is 9.94. The number of aliphatic carboxylic acids is 1. The van der Waals surface area contributed by atoms with Crippen molar-refractivity contribution in [3.8, 4) is 5.75 Å². The molecule has 214 valence electrons. The first kappa shape index (κ1) is 31.1. The Morgan fingerprint density at radius 1 is 1.15 bits per heavy atom. The number of halogens is 3.